The number of carboxylic acid groups (broad SMARTS) is 1. The van der Waals surface area contributed by atoms with E-state index in [1.807, 2.05) is 38.1 Å². The van der Waals surface area contributed by atoms with E-state index in [0.29, 0.717) is 17.9 Å². The first-order chi connectivity index (χ1) is 10.9. The number of amides is 1. The second kappa shape index (κ2) is 7.13. The molecule has 0 saturated carbocycles. The van der Waals surface area contributed by atoms with Crippen molar-refractivity contribution in [1.29, 1.82) is 0 Å². The van der Waals surface area contributed by atoms with E-state index in [4.69, 9.17) is 9.52 Å². The quantitative estimate of drug-likeness (QED) is 0.856. The molecule has 23 heavy (non-hydrogen) atoms. The molecule has 2 aromatic rings. The molecule has 0 fully saturated rings. The van der Waals surface area contributed by atoms with Gasteiger partial charge in [0.2, 0.25) is 5.91 Å². The largest absolute Gasteiger partial charge is 0.478 e. The summed E-state index contributed by atoms with van der Waals surface area (Å²) in [7, 11) is 0. The number of hydrogen-bond donors (Lipinski definition) is 2. The van der Waals surface area contributed by atoms with Crippen LogP contribution in [0.4, 0.5) is 0 Å². The highest BCUT2D eigenvalue weighted by molar-refractivity contribution is 5.88. The van der Waals surface area contributed by atoms with Crippen LogP contribution in [0, 0.1) is 13.8 Å². The fourth-order valence-electron chi connectivity index (χ4n) is 2.63. The number of carbonyl (C=O) groups excluding carboxylic acids is 1. The maximum absolute atomic E-state index is 12.1. The minimum absolute atomic E-state index is 0.0910. The molecule has 0 radical (unpaired) electrons. The highest BCUT2D eigenvalue weighted by atomic mass is 16.4. The number of furan rings is 1. The van der Waals surface area contributed by atoms with Gasteiger partial charge in [0.25, 0.3) is 0 Å². The van der Waals surface area contributed by atoms with Gasteiger partial charge in [0.15, 0.2) is 0 Å². The predicted molar refractivity (Wildman–Crippen MR) is 86.5 cm³/mol. The molecule has 5 nitrogen and oxygen atoms in total. The summed E-state index contributed by atoms with van der Waals surface area (Å²) in [6.07, 6.45) is 0.371. The van der Waals surface area contributed by atoms with Crippen LogP contribution in [-0.2, 0) is 11.3 Å². The lowest BCUT2D eigenvalue weighted by Gasteiger charge is -2.14. The molecule has 1 amide bonds. The Morgan fingerprint density at radius 1 is 1.26 bits per heavy atom. The van der Waals surface area contributed by atoms with Crippen molar-refractivity contribution in [3.8, 4) is 0 Å². The van der Waals surface area contributed by atoms with Crippen molar-refractivity contribution in [1.82, 2.24) is 5.32 Å². The molecule has 5 heteroatoms. The lowest BCUT2D eigenvalue weighted by molar-refractivity contribution is -0.121. The van der Waals surface area contributed by atoms with Crippen molar-refractivity contribution < 1.29 is 19.1 Å². The van der Waals surface area contributed by atoms with Gasteiger partial charge in [0.05, 0.1) is 6.54 Å². The Morgan fingerprint density at radius 3 is 2.57 bits per heavy atom. The van der Waals surface area contributed by atoms with Crippen LogP contribution in [0.25, 0.3) is 0 Å². The summed E-state index contributed by atoms with van der Waals surface area (Å²) < 4.78 is 5.34. The predicted octanol–water partition coefficient (Wildman–Crippen LogP) is 3.40. The van der Waals surface area contributed by atoms with E-state index in [0.717, 1.165) is 5.56 Å². The van der Waals surface area contributed by atoms with E-state index in [1.54, 1.807) is 6.92 Å². The van der Waals surface area contributed by atoms with Gasteiger partial charge in [-0.1, -0.05) is 31.2 Å². The molecule has 1 aromatic heterocycles. The van der Waals surface area contributed by atoms with E-state index in [1.165, 1.54) is 11.6 Å². The molecule has 1 heterocycles. The van der Waals surface area contributed by atoms with E-state index in [9.17, 15) is 9.59 Å². The van der Waals surface area contributed by atoms with Crippen molar-refractivity contribution in [2.75, 3.05) is 0 Å². The zero-order chi connectivity index (χ0) is 17.0. The summed E-state index contributed by atoms with van der Waals surface area (Å²) in [5.41, 5.74) is 2.45. The maximum atomic E-state index is 12.1. The van der Waals surface area contributed by atoms with Crippen LogP contribution in [0.5, 0.6) is 0 Å². The van der Waals surface area contributed by atoms with Gasteiger partial charge in [-0.3, -0.25) is 4.79 Å². The van der Waals surface area contributed by atoms with Crippen LogP contribution < -0.4 is 5.32 Å². The Kier molecular flexibility index (Phi) is 5.21. The molecule has 1 atom stereocenters. The monoisotopic (exact) mass is 315 g/mol. The fraction of sp³-hybridized carbons (Fsp3) is 0.333. The molecular weight excluding hydrogens is 294 g/mol. The van der Waals surface area contributed by atoms with Gasteiger partial charge in [0, 0.05) is 6.42 Å². The second-order valence-corrected chi connectivity index (χ2v) is 5.73. The number of benzene rings is 1. The molecule has 0 spiro atoms. The SMILES string of the molecule is Cc1ccccc1C(C)CC(=O)NCc1cc(C(=O)O)c(C)o1. The van der Waals surface area contributed by atoms with E-state index >= 15 is 0 Å². The normalized spacial score (nSPS) is 12.0. The Balaban J connectivity index is 1.91. The van der Waals surface area contributed by atoms with Crippen molar-refractivity contribution in [3.63, 3.8) is 0 Å². The Morgan fingerprint density at radius 2 is 1.96 bits per heavy atom. The van der Waals surface area contributed by atoms with Gasteiger partial charge in [-0.15, -0.1) is 0 Å². The molecule has 0 aliphatic rings. The topological polar surface area (TPSA) is 79.5 Å². The Hall–Kier alpha value is -2.56. The lowest BCUT2D eigenvalue weighted by atomic mass is 9.93. The average molecular weight is 315 g/mol. The third-order valence-corrected chi connectivity index (χ3v) is 3.87. The minimum atomic E-state index is -1.03. The van der Waals surface area contributed by atoms with Crippen LogP contribution in [0.15, 0.2) is 34.7 Å². The number of aromatic carboxylic acids is 1. The summed E-state index contributed by atoms with van der Waals surface area (Å²) in [4.78, 5) is 23.0. The van der Waals surface area contributed by atoms with Crippen molar-refractivity contribution in [2.24, 2.45) is 0 Å². The molecular formula is C18H21NO4. The summed E-state index contributed by atoms with van der Waals surface area (Å²) in [6.45, 7) is 5.83. The van der Waals surface area contributed by atoms with Crippen LogP contribution >= 0.6 is 0 Å². The summed E-state index contributed by atoms with van der Waals surface area (Å²) in [5.74, 6) is -0.223. The molecule has 1 unspecified atom stereocenters. The van der Waals surface area contributed by atoms with Crippen LogP contribution in [-0.4, -0.2) is 17.0 Å². The average Bonchev–Trinajstić information content (AvgIpc) is 2.87. The summed E-state index contributed by atoms with van der Waals surface area (Å²) in [6, 6.07) is 9.45. The zero-order valence-electron chi connectivity index (χ0n) is 13.6. The number of hydrogen-bond acceptors (Lipinski definition) is 3. The van der Waals surface area contributed by atoms with E-state index in [2.05, 4.69) is 5.32 Å². The van der Waals surface area contributed by atoms with Gasteiger partial charge in [-0.25, -0.2) is 4.79 Å². The lowest BCUT2D eigenvalue weighted by Crippen LogP contribution is -2.24. The van der Waals surface area contributed by atoms with Crippen LogP contribution in [0.2, 0.25) is 0 Å². The molecule has 0 aliphatic heterocycles. The Labute approximate surface area is 135 Å². The molecule has 1 aromatic carbocycles. The summed E-state index contributed by atoms with van der Waals surface area (Å²) >= 11 is 0. The smallest absolute Gasteiger partial charge is 0.339 e. The first-order valence-corrected chi connectivity index (χ1v) is 7.53. The highest BCUT2D eigenvalue weighted by Crippen LogP contribution is 2.22. The van der Waals surface area contributed by atoms with Gasteiger partial charge < -0.3 is 14.8 Å². The van der Waals surface area contributed by atoms with E-state index < -0.39 is 5.97 Å². The standard InChI is InChI=1S/C18H21NO4/c1-11-6-4-5-7-15(11)12(2)8-17(20)19-10-14-9-16(18(21)22)13(3)23-14/h4-7,9,12H,8,10H2,1-3H3,(H,19,20)(H,21,22). The minimum Gasteiger partial charge on any atom is -0.478 e. The van der Waals surface area contributed by atoms with Crippen LogP contribution in [0.1, 0.15) is 52.3 Å². The van der Waals surface area contributed by atoms with Crippen molar-refractivity contribution in [2.45, 2.75) is 39.7 Å². The van der Waals surface area contributed by atoms with Crippen molar-refractivity contribution in [3.05, 3.63) is 58.5 Å². The first kappa shape index (κ1) is 16.8. The van der Waals surface area contributed by atoms with Gasteiger partial charge in [-0.2, -0.15) is 0 Å². The van der Waals surface area contributed by atoms with Gasteiger partial charge in [-0.05, 0) is 37.0 Å². The summed E-state index contributed by atoms with van der Waals surface area (Å²) in [5, 5.41) is 11.8. The van der Waals surface area contributed by atoms with Crippen molar-refractivity contribution >= 4 is 11.9 Å². The Bertz CT molecular complexity index is 718. The number of rotatable bonds is 6. The van der Waals surface area contributed by atoms with Crippen LogP contribution in [0.3, 0.4) is 0 Å². The number of nitrogens with one attached hydrogen (secondary N) is 1. The number of carbonyl (C=O) groups is 2. The maximum Gasteiger partial charge on any atom is 0.339 e. The zero-order valence-corrected chi connectivity index (χ0v) is 13.6. The second-order valence-electron chi connectivity index (χ2n) is 5.73. The van der Waals surface area contributed by atoms with E-state index in [-0.39, 0.29) is 23.9 Å². The molecule has 2 rings (SSSR count). The van der Waals surface area contributed by atoms with Gasteiger partial charge >= 0.3 is 5.97 Å². The van der Waals surface area contributed by atoms with Gasteiger partial charge in [0.1, 0.15) is 17.1 Å². The molecule has 2 N–H and O–H groups in total. The first-order valence-electron chi connectivity index (χ1n) is 7.53. The molecule has 0 saturated heterocycles. The third kappa shape index (κ3) is 4.22. The molecule has 0 aliphatic carbocycles. The number of carboxylic acids is 1. The molecule has 0 bridgehead atoms. The highest BCUT2D eigenvalue weighted by Gasteiger charge is 2.16. The fourth-order valence-corrected chi connectivity index (χ4v) is 2.63. The third-order valence-electron chi connectivity index (χ3n) is 3.87. The number of aryl methyl sites for hydroxylation is 2. The molecule has 122 valence electrons.